The summed E-state index contributed by atoms with van der Waals surface area (Å²) in [6.45, 7) is 2.06. The Hall–Kier alpha value is -2.92. The predicted molar refractivity (Wildman–Crippen MR) is 145 cm³/mol. The van der Waals surface area contributed by atoms with Gasteiger partial charge in [-0.2, -0.15) is 13.2 Å². The van der Waals surface area contributed by atoms with Crippen LogP contribution < -0.4 is 16.0 Å². The van der Waals surface area contributed by atoms with Gasteiger partial charge in [-0.1, -0.05) is 49.6 Å². The summed E-state index contributed by atoms with van der Waals surface area (Å²) in [5.74, 6) is -1.14. The second-order valence-corrected chi connectivity index (χ2v) is 11.2. The largest absolute Gasteiger partial charge is 0.426 e. The summed E-state index contributed by atoms with van der Waals surface area (Å²) in [6, 6.07) is 6.07. The Morgan fingerprint density at radius 1 is 1.03 bits per heavy atom. The standard InChI is InChI=1S/C28H35F3N4O3S/c1-17(32-2)25(36)34-23(19-12-7-4-8-13-19)27(38)35-15-9-14-21(35)26(37)33-20-16-39-24(28(29,30)31)22(20)18-10-5-3-6-11-18/h3,5-6,10-11,16-17,19,21,23,32H,4,7-9,12-15H2,1-2H3,(H,33,37)(H,34,36)/t17-,21-,23-/m0/s1. The van der Waals surface area contributed by atoms with Gasteiger partial charge in [0.2, 0.25) is 17.7 Å². The van der Waals surface area contributed by atoms with E-state index in [0.717, 1.165) is 32.1 Å². The Bertz CT molecular complexity index is 1160. The highest BCUT2D eigenvalue weighted by molar-refractivity contribution is 7.11. The van der Waals surface area contributed by atoms with Crippen molar-refractivity contribution < 1.29 is 27.6 Å². The molecule has 2 aliphatic rings. The molecular weight excluding hydrogens is 529 g/mol. The summed E-state index contributed by atoms with van der Waals surface area (Å²) >= 11 is 0.531. The number of alkyl halides is 3. The van der Waals surface area contributed by atoms with E-state index in [1.54, 1.807) is 44.3 Å². The fourth-order valence-corrected chi connectivity index (χ4v) is 6.40. The van der Waals surface area contributed by atoms with E-state index >= 15 is 0 Å². The smallest absolute Gasteiger partial charge is 0.343 e. The number of rotatable bonds is 8. The molecule has 11 heteroatoms. The number of likely N-dealkylation sites (N-methyl/N-ethyl adjacent to an activating group) is 1. The number of carbonyl (C=O) groups is 3. The zero-order chi connectivity index (χ0) is 28.2. The number of benzene rings is 1. The average Bonchev–Trinajstić information content (AvgIpc) is 3.59. The number of nitrogens with one attached hydrogen (secondary N) is 3. The van der Waals surface area contributed by atoms with Crippen molar-refractivity contribution in [2.24, 2.45) is 5.92 Å². The lowest BCUT2D eigenvalue weighted by Crippen LogP contribution is -2.57. The topological polar surface area (TPSA) is 90.5 Å². The number of hydrogen-bond acceptors (Lipinski definition) is 5. The molecule has 4 rings (SSSR count). The molecule has 0 radical (unpaired) electrons. The van der Waals surface area contributed by atoms with E-state index in [9.17, 15) is 27.6 Å². The number of likely N-dealkylation sites (tertiary alicyclic amines) is 1. The van der Waals surface area contributed by atoms with E-state index in [1.165, 1.54) is 10.3 Å². The van der Waals surface area contributed by atoms with Gasteiger partial charge in [0.05, 0.1) is 11.7 Å². The van der Waals surface area contributed by atoms with Crippen LogP contribution in [-0.2, 0) is 20.6 Å². The van der Waals surface area contributed by atoms with Gasteiger partial charge in [0.15, 0.2) is 0 Å². The number of thiophene rings is 1. The number of carbonyl (C=O) groups excluding carboxylic acids is 3. The van der Waals surface area contributed by atoms with Gasteiger partial charge >= 0.3 is 6.18 Å². The molecule has 7 nitrogen and oxygen atoms in total. The highest BCUT2D eigenvalue weighted by Crippen LogP contribution is 2.45. The SMILES string of the molecule is CN[C@@H](C)C(=O)N[C@H](C(=O)N1CCC[C@H]1C(=O)Nc1csc(C(F)(F)F)c1-c1ccccc1)C1CCCCC1. The molecule has 2 heterocycles. The highest BCUT2D eigenvalue weighted by atomic mass is 32.1. The van der Waals surface area contributed by atoms with Crippen molar-refractivity contribution in [1.29, 1.82) is 0 Å². The minimum atomic E-state index is -4.58. The number of halogens is 3. The molecule has 1 aromatic heterocycles. The van der Waals surface area contributed by atoms with Crippen molar-refractivity contribution in [2.75, 3.05) is 18.9 Å². The first-order valence-electron chi connectivity index (χ1n) is 13.4. The van der Waals surface area contributed by atoms with Crippen LogP contribution in [0.25, 0.3) is 11.1 Å². The van der Waals surface area contributed by atoms with Gasteiger partial charge in [-0.3, -0.25) is 14.4 Å². The summed E-state index contributed by atoms with van der Waals surface area (Å²) < 4.78 is 41.4. The van der Waals surface area contributed by atoms with Crippen molar-refractivity contribution in [2.45, 2.75) is 76.2 Å². The summed E-state index contributed by atoms with van der Waals surface area (Å²) in [5.41, 5.74) is 0.341. The molecule has 1 aliphatic heterocycles. The van der Waals surface area contributed by atoms with Gasteiger partial charge in [-0.25, -0.2) is 0 Å². The lowest BCUT2D eigenvalue weighted by molar-refractivity contribution is -0.142. The molecule has 0 bridgehead atoms. The van der Waals surface area contributed by atoms with Gasteiger partial charge in [0.1, 0.15) is 17.0 Å². The average molecular weight is 565 g/mol. The van der Waals surface area contributed by atoms with Crippen LogP contribution in [0.2, 0.25) is 0 Å². The van der Waals surface area contributed by atoms with Crippen LogP contribution in [0, 0.1) is 5.92 Å². The van der Waals surface area contributed by atoms with E-state index in [1.807, 2.05) is 0 Å². The maximum Gasteiger partial charge on any atom is 0.426 e. The van der Waals surface area contributed by atoms with Crippen LogP contribution in [0.4, 0.5) is 18.9 Å². The van der Waals surface area contributed by atoms with Crippen molar-refractivity contribution in [3.63, 3.8) is 0 Å². The van der Waals surface area contributed by atoms with Gasteiger partial charge in [0, 0.05) is 17.5 Å². The quantitative estimate of drug-likeness (QED) is 0.419. The molecule has 3 N–H and O–H groups in total. The van der Waals surface area contributed by atoms with Gasteiger partial charge in [0.25, 0.3) is 0 Å². The van der Waals surface area contributed by atoms with E-state index in [0.29, 0.717) is 36.3 Å². The third-order valence-corrected chi connectivity index (χ3v) is 8.74. The monoisotopic (exact) mass is 564 g/mol. The van der Waals surface area contributed by atoms with Crippen LogP contribution in [0.5, 0.6) is 0 Å². The van der Waals surface area contributed by atoms with Crippen molar-refractivity contribution in [3.8, 4) is 11.1 Å². The van der Waals surface area contributed by atoms with Crippen LogP contribution in [0.3, 0.4) is 0 Å². The molecule has 1 aliphatic carbocycles. The van der Waals surface area contributed by atoms with Crippen LogP contribution in [0.15, 0.2) is 35.7 Å². The van der Waals surface area contributed by atoms with E-state index in [-0.39, 0.29) is 29.0 Å². The zero-order valence-electron chi connectivity index (χ0n) is 22.1. The lowest BCUT2D eigenvalue weighted by atomic mass is 9.83. The van der Waals surface area contributed by atoms with Gasteiger partial charge in [-0.15, -0.1) is 11.3 Å². The van der Waals surface area contributed by atoms with Gasteiger partial charge in [-0.05, 0) is 51.1 Å². The number of amides is 3. The zero-order valence-corrected chi connectivity index (χ0v) is 23.0. The Morgan fingerprint density at radius 3 is 2.36 bits per heavy atom. The summed E-state index contributed by atoms with van der Waals surface area (Å²) in [4.78, 5) is 40.8. The van der Waals surface area contributed by atoms with E-state index in [4.69, 9.17) is 0 Å². The van der Waals surface area contributed by atoms with Crippen LogP contribution in [0.1, 0.15) is 56.7 Å². The molecule has 3 atom stereocenters. The number of hydrogen-bond donors (Lipinski definition) is 3. The first-order valence-corrected chi connectivity index (χ1v) is 14.3. The molecule has 2 fully saturated rings. The molecule has 1 saturated heterocycles. The first kappa shape index (κ1) is 29.1. The Labute approximate surface area is 230 Å². The fraction of sp³-hybridized carbons (Fsp3) is 0.536. The molecule has 0 unspecified atom stereocenters. The van der Waals surface area contributed by atoms with Crippen molar-refractivity contribution >= 4 is 34.7 Å². The van der Waals surface area contributed by atoms with Crippen LogP contribution >= 0.6 is 11.3 Å². The van der Waals surface area contributed by atoms with Crippen molar-refractivity contribution in [1.82, 2.24) is 15.5 Å². The lowest BCUT2D eigenvalue weighted by Gasteiger charge is -2.35. The molecule has 1 aromatic carbocycles. The fourth-order valence-electron chi connectivity index (χ4n) is 5.51. The van der Waals surface area contributed by atoms with Gasteiger partial charge < -0.3 is 20.9 Å². The van der Waals surface area contributed by atoms with E-state index in [2.05, 4.69) is 16.0 Å². The summed E-state index contributed by atoms with van der Waals surface area (Å²) in [5, 5.41) is 9.81. The Balaban J connectivity index is 1.57. The number of nitrogens with zero attached hydrogens (tertiary/aromatic N) is 1. The van der Waals surface area contributed by atoms with Crippen molar-refractivity contribution in [3.05, 3.63) is 40.6 Å². The molecule has 0 spiro atoms. The summed E-state index contributed by atoms with van der Waals surface area (Å²) in [6.07, 6.45) is 1.05. The Morgan fingerprint density at radius 2 is 1.72 bits per heavy atom. The maximum atomic E-state index is 13.8. The minimum Gasteiger partial charge on any atom is -0.343 e. The third kappa shape index (κ3) is 6.63. The molecule has 2 aromatic rings. The number of anilines is 1. The summed E-state index contributed by atoms with van der Waals surface area (Å²) in [7, 11) is 1.67. The maximum absolute atomic E-state index is 13.8. The molecule has 1 saturated carbocycles. The minimum absolute atomic E-state index is 0.0283. The Kier molecular flexibility index (Phi) is 9.32. The molecular formula is C28H35F3N4O3S. The second kappa shape index (κ2) is 12.5. The molecule has 3 amide bonds. The first-order chi connectivity index (χ1) is 18.6. The molecule has 39 heavy (non-hydrogen) atoms. The third-order valence-electron chi connectivity index (χ3n) is 7.72. The normalized spacial score (nSPS) is 19.9. The van der Waals surface area contributed by atoms with Crippen LogP contribution in [-0.4, -0.2) is 54.3 Å². The van der Waals surface area contributed by atoms with E-state index < -0.39 is 35.1 Å². The second-order valence-electron chi connectivity index (χ2n) is 10.3. The predicted octanol–water partition coefficient (Wildman–Crippen LogP) is 5.04. The molecule has 212 valence electrons. The highest BCUT2D eigenvalue weighted by Gasteiger charge is 2.42.